The highest BCUT2D eigenvalue weighted by Gasteiger charge is 2.10. The first-order chi connectivity index (χ1) is 9.13. The lowest BCUT2D eigenvalue weighted by Crippen LogP contribution is -2.41. The highest BCUT2D eigenvalue weighted by molar-refractivity contribution is 5.57. The molecule has 2 aromatic rings. The second kappa shape index (κ2) is 4.39. The molecule has 0 spiro atoms. The summed E-state index contributed by atoms with van der Waals surface area (Å²) in [5.41, 5.74) is 1.16. The number of hydrogen-bond donors (Lipinski definition) is 1. The van der Waals surface area contributed by atoms with Crippen LogP contribution in [-0.2, 0) is 0 Å². The lowest BCUT2D eigenvalue weighted by Gasteiger charge is -2.07. The summed E-state index contributed by atoms with van der Waals surface area (Å²) in [7, 11) is 0. The van der Waals surface area contributed by atoms with Crippen molar-refractivity contribution in [2.75, 3.05) is 6.54 Å². The van der Waals surface area contributed by atoms with Crippen LogP contribution in [0.3, 0.4) is 0 Å². The van der Waals surface area contributed by atoms with E-state index in [1.807, 2.05) is 13.0 Å². The summed E-state index contributed by atoms with van der Waals surface area (Å²) in [6.45, 7) is 2.65. The Kier molecular flexibility index (Phi) is 2.71. The second-order valence-electron chi connectivity index (χ2n) is 4.72. The third-order valence-electron chi connectivity index (χ3n) is 3.07. The molecule has 0 radical (unpaired) electrons. The zero-order chi connectivity index (χ0) is 13.4. The Morgan fingerprint density at radius 1 is 1.32 bits per heavy atom. The Morgan fingerprint density at radius 2 is 2.05 bits per heavy atom. The van der Waals surface area contributed by atoms with E-state index in [9.17, 15) is 9.90 Å². The highest BCUT2D eigenvalue weighted by Crippen LogP contribution is 2.19. The number of benzene rings is 1. The van der Waals surface area contributed by atoms with Crippen LogP contribution in [0.1, 0.15) is 6.92 Å². The quantitative estimate of drug-likeness (QED) is 0.828. The van der Waals surface area contributed by atoms with Crippen molar-refractivity contribution in [1.29, 1.82) is 0 Å². The molecule has 4 nitrogen and oxygen atoms in total. The molecule has 1 N–H and O–H groups in total. The van der Waals surface area contributed by atoms with Gasteiger partial charge in [-0.15, -0.1) is 0 Å². The predicted molar refractivity (Wildman–Crippen MR) is 71.4 cm³/mol. The molecule has 1 atom stereocenters. The van der Waals surface area contributed by atoms with Gasteiger partial charge in [0.05, 0.1) is 0 Å². The molecule has 96 valence electrons. The molecule has 0 saturated heterocycles. The first-order valence-electron chi connectivity index (χ1n) is 6.13. The van der Waals surface area contributed by atoms with Gasteiger partial charge < -0.3 is 9.52 Å². The summed E-state index contributed by atoms with van der Waals surface area (Å²) in [6, 6.07) is 7.99. The predicted octanol–water partition coefficient (Wildman–Crippen LogP) is 1.06. The second-order valence-corrected chi connectivity index (χ2v) is 4.72. The van der Waals surface area contributed by atoms with Gasteiger partial charge in [0.25, 0.3) is 0 Å². The normalized spacial score (nSPS) is 17.2. The van der Waals surface area contributed by atoms with Gasteiger partial charge in [0, 0.05) is 18.2 Å². The van der Waals surface area contributed by atoms with Crippen LogP contribution in [-0.4, -0.2) is 11.7 Å². The fraction of sp³-hybridized carbons (Fsp3) is 0.200. The van der Waals surface area contributed by atoms with E-state index in [2.05, 4.69) is 4.99 Å². The van der Waals surface area contributed by atoms with Crippen molar-refractivity contribution in [1.82, 2.24) is 0 Å². The lowest BCUT2D eigenvalue weighted by molar-refractivity contribution is 0.475. The summed E-state index contributed by atoms with van der Waals surface area (Å²) >= 11 is 0. The van der Waals surface area contributed by atoms with Crippen molar-refractivity contribution >= 4 is 6.08 Å². The maximum Gasteiger partial charge on any atom is 0.211 e. The summed E-state index contributed by atoms with van der Waals surface area (Å²) in [4.78, 5) is 16.3. The molecule has 19 heavy (non-hydrogen) atoms. The SMILES string of the molecule is CC1C=c2oc(-c3ccc(O)cc3)cc(=O)c2=NC1. The molecular weight excluding hydrogens is 242 g/mol. The van der Waals surface area contributed by atoms with E-state index in [1.165, 1.54) is 6.07 Å². The van der Waals surface area contributed by atoms with Crippen LogP contribution in [0.15, 0.2) is 44.5 Å². The number of fused-ring (bicyclic) bond motifs is 1. The molecule has 3 rings (SSSR count). The van der Waals surface area contributed by atoms with E-state index >= 15 is 0 Å². The van der Waals surface area contributed by atoms with Gasteiger partial charge in [-0.25, -0.2) is 0 Å². The maximum atomic E-state index is 12.0. The van der Waals surface area contributed by atoms with Gasteiger partial charge in [-0.1, -0.05) is 6.92 Å². The number of rotatable bonds is 1. The maximum absolute atomic E-state index is 12.0. The molecule has 1 unspecified atom stereocenters. The highest BCUT2D eigenvalue weighted by atomic mass is 16.3. The lowest BCUT2D eigenvalue weighted by atomic mass is 10.1. The van der Waals surface area contributed by atoms with Crippen LogP contribution in [0.25, 0.3) is 17.4 Å². The van der Waals surface area contributed by atoms with E-state index in [1.54, 1.807) is 24.3 Å². The van der Waals surface area contributed by atoms with E-state index < -0.39 is 0 Å². The molecule has 1 aromatic carbocycles. The first kappa shape index (κ1) is 11.7. The van der Waals surface area contributed by atoms with Crippen LogP contribution < -0.4 is 16.2 Å². The molecule has 1 aromatic heterocycles. The minimum atomic E-state index is -0.132. The zero-order valence-corrected chi connectivity index (χ0v) is 10.5. The zero-order valence-electron chi connectivity index (χ0n) is 10.5. The van der Waals surface area contributed by atoms with Crippen LogP contribution >= 0.6 is 0 Å². The molecule has 2 heterocycles. The van der Waals surface area contributed by atoms with Gasteiger partial charge in [0.2, 0.25) is 5.43 Å². The smallest absolute Gasteiger partial charge is 0.211 e. The Bertz CT molecular complexity index is 788. The largest absolute Gasteiger partial charge is 0.508 e. The van der Waals surface area contributed by atoms with E-state index in [-0.39, 0.29) is 17.1 Å². The third-order valence-corrected chi connectivity index (χ3v) is 3.07. The molecule has 0 aliphatic carbocycles. The van der Waals surface area contributed by atoms with Gasteiger partial charge in [0.1, 0.15) is 16.9 Å². The Balaban J connectivity index is 2.23. The van der Waals surface area contributed by atoms with Gasteiger partial charge in [0.15, 0.2) is 5.42 Å². The molecule has 0 saturated carbocycles. The van der Waals surface area contributed by atoms with Crippen molar-refractivity contribution in [3.63, 3.8) is 0 Å². The van der Waals surface area contributed by atoms with Gasteiger partial charge in [-0.2, -0.15) is 0 Å². The topological polar surface area (TPSA) is 62.8 Å². The molecule has 0 fully saturated rings. The number of nitrogens with zero attached hydrogens (tertiary/aromatic N) is 1. The Morgan fingerprint density at radius 3 is 2.79 bits per heavy atom. The van der Waals surface area contributed by atoms with E-state index in [0.29, 0.717) is 23.1 Å². The van der Waals surface area contributed by atoms with Crippen molar-refractivity contribution < 1.29 is 9.52 Å². The first-order valence-corrected chi connectivity index (χ1v) is 6.13. The van der Waals surface area contributed by atoms with Crippen LogP contribution in [0.4, 0.5) is 0 Å². The van der Waals surface area contributed by atoms with Gasteiger partial charge >= 0.3 is 0 Å². The van der Waals surface area contributed by atoms with E-state index in [4.69, 9.17) is 4.42 Å². The summed E-state index contributed by atoms with van der Waals surface area (Å²) in [6.07, 6.45) is 1.92. The minimum Gasteiger partial charge on any atom is -0.508 e. The van der Waals surface area contributed by atoms with Crippen LogP contribution in [0.2, 0.25) is 0 Å². The number of phenolic OH excluding ortho intramolecular Hbond substituents is 1. The summed E-state index contributed by atoms with van der Waals surface area (Å²) < 4.78 is 5.75. The monoisotopic (exact) mass is 255 g/mol. The average molecular weight is 255 g/mol. The summed E-state index contributed by atoms with van der Waals surface area (Å²) in [5, 5.41) is 9.67. The fourth-order valence-corrected chi connectivity index (χ4v) is 2.09. The van der Waals surface area contributed by atoms with Gasteiger partial charge in [-0.05, 0) is 36.3 Å². The number of hydrogen-bond acceptors (Lipinski definition) is 4. The van der Waals surface area contributed by atoms with Crippen LogP contribution in [0.5, 0.6) is 5.75 Å². The average Bonchev–Trinajstić information content (AvgIpc) is 2.38. The van der Waals surface area contributed by atoms with Crippen molar-refractivity contribution in [3.8, 4) is 17.1 Å². The fourth-order valence-electron chi connectivity index (χ4n) is 2.09. The number of phenols is 1. The molecule has 0 amide bonds. The summed E-state index contributed by atoms with van der Waals surface area (Å²) in [5.74, 6) is 0.939. The standard InChI is InChI=1S/C15H13NO3/c1-9-6-14-15(16-8-9)12(18)7-13(19-14)10-2-4-11(17)5-3-10/h2-7,9,17H,8H2,1H3. The molecule has 0 bridgehead atoms. The molecule has 4 heteroatoms. The van der Waals surface area contributed by atoms with Gasteiger partial charge in [-0.3, -0.25) is 9.79 Å². The minimum absolute atomic E-state index is 0.132. The Hall–Kier alpha value is -2.36. The van der Waals surface area contributed by atoms with Crippen molar-refractivity contribution in [2.45, 2.75) is 6.92 Å². The van der Waals surface area contributed by atoms with Crippen LogP contribution in [0, 0.1) is 5.92 Å². The third kappa shape index (κ3) is 2.17. The van der Waals surface area contributed by atoms with Crippen molar-refractivity contribution in [3.05, 3.63) is 51.3 Å². The van der Waals surface area contributed by atoms with Crippen molar-refractivity contribution in [2.24, 2.45) is 10.9 Å². The molecule has 1 aliphatic rings. The van der Waals surface area contributed by atoms with E-state index in [0.717, 1.165) is 5.56 Å². The Labute approximate surface area is 109 Å². The molecule has 1 aliphatic heterocycles. The number of aromatic hydroxyl groups is 1. The molecular formula is C15H13NO3.